The zero-order valence-corrected chi connectivity index (χ0v) is 12.0. The Kier molecular flexibility index (Phi) is 6.17. The monoisotopic (exact) mass is 314 g/mol. The molecular formula is C14H15ClO6. The van der Waals surface area contributed by atoms with Crippen molar-refractivity contribution >= 4 is 29.5 Å². The van der Waals surface area contributed by atoms with E-state index in [0.29, 0.717) is 10.6 Å². The number of esters is 1. The van der Waals surface area contributed by atoms with E-state index in [4.69, 9.17) is 16.7 Å². The number of carboxylic acid groups (broad SMARTS) is 2. The normalized spacial score (nSPS) is 13.2. The predicted molar refractivity (Wildman–Crippen MR) is 74.2 cm³/mol. The largest absolute Gasteiger partial charge is 0.481 e. The van der Waals surface area contributed by atoms with Gasteiger partial charge in [0.25, 0.3) is 0 Å². The van der Waals surface area contributed by atoms with Gasteiger partial charge in [-0.15, -0.1) is 0 Å². The molecule has 0 spiro atoms. The number of rotatable bonds is 7. The maximum absolute atomic E-state index is 11.6. The van der Waals surface area contributed by atoms with Gasteiger partial charge in [0.1, 0.15) is 0 Å². The second-order valence-electron chi connectivity index (χ2n) is 4.32. The second-order valence-corrected chi connectivity index (χ2v) is 4.76. The quantitative estimate of drug-likeness (QED) is 0.591. The summed E-state index contributed by atoms with van der Waals surface area (Å²) in [5.74, 6) is -6.22. The Balaban J connectivity index is 3.00. The molecule has 2 unspecified atom stereocenters. The Hall–Kier alpha value is -2.08. The van der Waals surface area contributed by atoms with E-state index in [1.807, 2.05) is 0 Å². The lowest BCUT2D eigenvalue weighted by molar-refractivity contribution is -0.159. The summed E-state index contributed by atoms with van der Waals surface area (Å²) in [4.78, 5) is 34.1. The van der Waals surface area contributed by atoms with Gasteiger partial charge in [-0.3, -0.25) is 14.4 Å². The summed E-state index contributed by atoms with van der Waals surface area (Å²) in [6, 6.07) is 6.00. The minimum atomic E-state index is -1.53. The van der Waals surface area contributed by atoms with Gasteiger partial charge in [0, 0.05) is 5.02 Å². The number of ether oxygens (including phenoxy) is 1. The Morgan fingerprint density at radius 1 is 1.14 bits per heavy atom. The van der Waals surface area contributed by atoms with Gasteiger partial charge >= 0.3 is 17.9 Å². The van der Waals surface area contributed by atoms with Gasteiger partial charge in [-0.1, -0.05) is 23.7 Å². The van der Waals surface area contributed by atoms with Gasteiger partial charge in [-0.2, -0.15) is 0 Å². The molecule has 0 radical (unpaired) electrons. The van der Waals surface area contributed by atoms with Crippen LogP contribution in [0, 0.1) is 5.92 Å². The Morgan fingerprint density at radius 3 is 2.14 bits per heavy atom. The zero-order valence-electron chi connectivity index (χ0n) is 11.3. The molecule has 1 aromatic carbocycles. The molecule has 114 valence electrons. The van der Waals surface area contributed by atoms with E-state index in [-0.39, 0.29) is 13.0 Å². The van der Waals surface area contributed by atoms with Crippen molar-refractivity contribution in [3.8, 4) is 0 Å². The van der Waals surface area contributed by atoms with Crippen molar-refractivity contribution in [2.24, 2.45) is 5.92 Å². The standard InChI is InChI=1S/C14H15ClO6/c1-2-21-14(20)11(13(18)19)7-10(12(16)17)8-3-5-9(15)6-4-8/h3-6,10-11H,2,7H2,1H3,(H,16,17)(H,18,19). The highest BCUT2D eigenvalue weighted by molar-refractivity contribution is 6.30. The summed E-state index contributed by atoms with van der Waals surface area (Å²) >= 11 is 5.73. The average molecular weight is 315 g/mol. The molecule has 0 amide bonds. The fraction of sp³-hybridized carbons (Fsp3) is 0.357. The first-order valence-electron chi connectivity index (χ1n) is 6.24. The summed E-state index contributed by atoms with van der Waals surface area (Å²) in [5, 5.41) is 18.8. The van der Waals surface area contributed by atoms with Crippen LogP contribution in [-0.4, -0.2) is 34.7 Å². The predicted octanol–water partition coefficient (Wildman–Crippen LogP) is 2.16. The van der Waals surface area contributed by atoms with Crippen molar-refractivity contribution in [3.05, 3.63) is 34.9 Å². The van der Waals surface area contributed by atoms with Crippen LogP contribution in [0.25, 0.3) is 0 Å². The van der Waals surface area contributed by atoms with E-state index in [1.165, 1.54) is 24.3 Å². The first-order valence-corrected chi connectivity index (χ1v) is 6.62. The molecule has 2 N–H and O–H groups in total. The van der Waals surface area contributed by atoms with Crippen LogP contribution in [-0.2, 0) is 19.1 Å². The topological polar surface area (TPSA) is 101 Å². The van der Waals surface area contributed by atoms with Gasteiger partial charge < -0.3 is 14.9 Å². The highest BCUT2D eigenvalue weighted by Crippen LogP contribution is 2.26. The molecule has 1 aromatic rings. The minimum Gasteiger partial charge on any atom is -0.481 e. The molecule has 21 heavy (non-hydrogen) atoms. The van der Waals surface area contributed by atoms with Crippen molar-refractivity contribution < 1.29 is 29.3 Å². The third-order valence-corrected chi connectivity index (χ3v) is 3.16. The summed E-state index contributed by atoms with van der Waals surface area (Å²) in [7, 11) is 0. The van der Waals surface area contributed by atoms with Crippen LogP contribution < -0.4 is 0 Å². The number of aliphatic carboxylic acids is 2. The van der Waals surface area contributed by atoms with Crippen LogP contribution in [0.2, 0.25) is 5.02 Å². The van der Waals surface area contributed by atoms with Gasteiger partial charge in [0.2, 0.25) is 0 Å². The summed E-state index contributed by atoms with van der Waals surface area (Å²) in [6.45, 7) is 1.58. The van der Waals surface area contributed by atoms with Crippen LogP contribution in [0.5, 0.6) is 0 Å². The Bertz CT molecular complexity index is 525. The number of halogens is 1. The van der Waals surface area contributed by atoms with E-state index in [9.17, 15) is 19.5 Å². The van der Waals surface area contributed by atoms with Crippen molar-refractivity contribution in [2.75, 3.05) is 6.61 Å². The number of carbonyl (C=O) groups is 3. The third-order valence-electron chi connectivity index (χ3n) is 2.91. The molecule has 1 rings (SSSR count). The number of carboxylic acids is 2. The lowest BCUT2D eigenvalue weighted by Gasteiger charge is -2.17. The highest BCUT2D eigenvalue weighted by atomic mass is 35.5. The molecule has 0 aliphatic rings. The molecule has 0 saturated heterocycles. The molecular weight excluding hydrogens is 300 g/mol. The van der Waals surface area contributed by atoms with Crippen LogP contribution in [0.1, 0.15) is 24.8 Å². The van der Waals surface area contributed by atoms with Crippen molar-refractivity contribution in [1.82, 2.24) is 0 Å². The van der Waals surface area contributed by atoms with E-state index < -0.39 is 29.7 Å². The maximum Gasteiger partial charge on any atom is 0.320 e. The molecule has 0 bridgehead atoms. The van der Waals surface area contributed by atoms with E-state index in [1.54, 1.807) is 6.92 Å². The van der Waals surface area contributed by atoms with Gasteiger partial charge in [-0.25, -0.2) is 0 Å². The molecule has 0 saturated carbocycles. The Labute approximate surface area is 126 Å². The molecule has 6 nitrogen and oxygen atoms in total. The van der Waals surface area contributed by atoms with Crippen LogP contribution in [0.3, 0.4) is 0 Å². The first kappa shape index (κ1) is 17.0. The smallest absolute Gasteiger partial charge is 0.320 e. The van der Waals surface area contributed by atoms with Gasteiger partial charge in [-0.05, 0) is 31.0 Å². The van der Waals surface area contributed by atoms with Crippen LogP contribution >= 0.6 is 11.6 Å². The van der Waals surface area contributed by atoms with Crippen molar-refractivity contribution in [3.63, 3.8) is 0 Å². The van der Waals surface area contributed by atoms with Crippen molar-refractivity contribution in [2.45, 2.75) is 19.3 Å². The summed E-state index contributed by atoms with van der Waals surface area (Å²) in [5.41, 5.74) is 0.377. The molecule has 0 fully saturated rings. The minimum absolute atomic E-state index is 0.0291. The fourth-order valence-corrected chi connectivity index (χ4v) is 1.98. The van der Waals surface area contributed by atoms with Crippen LogP contribution in [0.15, 0.2) is 24.3 Å². The lowest BCUT2D eigenvalue weighted by atomic mass is 9.89. The SMILES string of the molecule is CCOC(=O)C(CC(C(=O)O)c1ccc(Cl)cc1)C(=O)O. The molecule has 0 aromatic heterocycles. The second kappa shape index (κ2) is 7.64. The first-order chi connectivity index (χ1) is 9.86. The van der Waals surface area contributed by atoms with Gasteiger partial charge in [0.15, 0.2) is 5.92 Å². The molecule has 2 atom stereocenters. The number of carbonyl (C=O) groups excluding carboxylic acids is 1. The van der Waals surface area contributed by atoms with E-state index in [0.717, 1.165) is 0 Å². The lowest BCUT2D eigenvalue weighted by Crippen LogP contribution is -2.29. The number of hydrogen-bond donors (Lipinski definition) is 2. The summed E-state index contributed by atoms with van der Waals surface area (Å²) < 4.78 is 4.67. The van der Waals surface area contributed by atoms with Crippen LogP contribution in [0.4, 0.5) is 0 Å². The third kappa shape index (κ3) is 4.75. The number of benzene rings is 1. The molecule has 0 heterocycles. The average Bonchev–Trinajstić information content (AvgIpc) is 2.40. The maximum atomic E-state index is 11.6. The molecule has 0 aliphatic carbocycles. The zero-order chi connectivity index (χ0) is 16.0. The van der Waals surface area contributed by atoms with E-state index in [2.05, 4.69) is 4.74 Å². The fourth-order valence-electron chi connectivity index (χ4n) is 1.85. The van der Waals surface area contributed by atoms with E-state index >= 15 is 0 Å². The number of hydrogen-bond acceptors (Lipinski definition) is 4. The molecule has 7 heteroatoms. The Morgan fingerprint density at radius 2 is 1.71 bits per heavy atom. The summed E-state index contributed by atoms with van der Waals surface area (Å²) in [6.07, 6.45) is -0.384. The van der Waals surface area contributed by atoms with Crippen molar-refractivity contribution in [1.29, 1.82) is 0 Å². The highest BCUT2D eigenvalue weighted by Gasteiger charge is 2.34. The van der Waals surface area contributed by atoms with Gasteiger partial charge in [0.05, 0.1) is 12.5 Å². The molecule has 0 aliphatic heterocycles.